The number of thioether (sulfide) groups is 1. The standard InChI is InChI=1S/C13H24N2O4S2/c1-20-11-7-5-10(6-8-11)14-21(18,19)15-9-3-2-4-12(15)13(16)17/h10-12,14H,2-9H2,1H3,(H,16,17). The van der Waals surface area contributed by atoms with Crippen LogP contribution in [0.4, 0.5) is 0 Å². The number of carboxylic acid groups (broad SMARTS) is 1. The molecule has 0 spiro atoms. The zero-order valence-electron chi connectivity index (χ0n) is 12.3. The largest absolute Gasteiger partial charge is 0.480 e. The molecule has 2 aliphatic rings. The van der Waals surface area contributed by atoms with E-state index in [1.165, 1.54) is 0 Å². The first-order valence-electron chi connectivity index (χ1n) is 7.48. The Morgan fingerprint density at radius 3 is 2.43 bits per heavy atom. The molecule has 122 valence electrons. The molecule has 1 atom stereocenters. The number of rotatable bonds is 5. The van der Waals surface area contributed by atoms with E-state index in [1.807, 2.05) is 11.8 Å². The van der Waals surface area contributed by atoms with Gasteiger partial charge in [-0.1, -0.05) is 0 Å². The number of piperidine rings is 1. The van der Waals surface area contributed by atoms with E-state index in [0.717, 1.165) is 42.8 Å². The lowest BCUT2D eigenvalue weighted by Crippen LogP contribution is -2.54. The highest BCUT2D eigenvalue weighted by Crippen LogP contribution is 2.28. The van der Waals surface area contributed by atoms with Crippen molar-refractivity contribution in [2.45, 2.75) is 62.3 Å². The zero-order valence-corrected chi connectivity index (χ0v) is 14.0. The van der Waals surface area contributed by atoms with Crippen molar-refractivity contribution in [3.8, 4) is 0 Å². The summed E-state index contributed by atoms with van der Waals surface area (Å²) in [6.07, 6.45) is 7.65. The molecule has 0 bridgehead atoms. The van der Waals surface area contributed by atoms with E-state index >= 15 is 0 Å². The third kappa shape index (κ3) is 4.34. The van der Waals surface area contributed by atoms with Crippen molar-refractivity contribution in [2.24, 2.45) is 0 Å². The second-order valence-corrected chi connectivity index (χ2v) is 8.59. The molecule has 2 rings (SSSR count). The number of hydrogen-bond acceptors (Lipinski definition) is 4. The van der Waals surface area contributed by atoms with Gasteiger partial charge in [-0.15, -0.1) is 0 Å². The maximum Gasteiger partial charge on any atom is 0.322 e. The molecule has 2 fully saturated rings. The summed E-state index contributed by atoms with van der Waals surface area (Å²) < 4.78 is 28.8. The van der Waals surface area contributed by atoms with Crippen molar-refractivity contribution in [2.75, 3.05) is 12.8 Å². The van der Waals surface area contributed by atoms with E-state index in [-0.39, 0.29) is 6.04 Å². The highest BCUT2D eigenvalue weighted by Gasteiger charge is 2.38. The summed E-state index contributed by atoms with van der Waals surface area (Å²) >= 11 is 1.83. The third-order valence-electron chi connectivity index (χ3n) is 4.37. The molecule has 1 heterocycles. The molecule has 0 radical (unpaired) electrons. The van der Waals surface area contributed by atoms with Crippen LogP contribution in [0.15, 0.2) is 0 Å². The van der Waals surface area contributed by atoms with Crippen molar-refractivity contribution < 1.29 is 18.3 Å². The molecule has 1 aliphatic carbocycles. The summed E-state index contributed by atoms with van der Waals surface area (Å²) in [6, 6.07) is -0.978. The van der Waals surface area contributed by atoms with Crippen LogP contribution in [-0.4, -0.2) is 53.9 Å². The van der Waals surface area contributed by atoms with E-state index in [2.05, 4.69) is 11.0 Å². The Kier molecular flexibility index (Phi) is 5.93. The molecule has 0 aromatic carbocycles. The van der Waals surface area contributed by atoms with E-state index < -0.39 is 22.2 Å². The Morgan fingerprint density at radius 2 is 1.86 bits per heavy atom. The third-order valence-corrected chi connectivity index (χ3v) is 7.19. The zero-order chi connectivity index (χ0) is 15.5. The Labute approximate surface area is 130 Å². The van der Waals surface area contributed by atoms with Crippen LogP contribution in [0.2, 0.25) is 0 Å². The van der Waals surface area contributed by atoms with Gasteiger partial charge in [0.2, 0.25) is 0 Å². The summed E-state index contributed by atoms with van der Waals surface area (Å²) in [5, 5.41) is 9.83. The number of aliphatic carboxylic acids is 1. The van der Waals surface area contributed by atoms with Crippen LogP contribution in [0.25, 0.3) is 0 Å². The molecular weight excluding hydrogens is 312 g/mol. The molecule has 0 aromatic heterocycles. The highest BCUT2D eigenvalue weighted by molar-refractivity contribution is 7.99. The molecule has 21 heavy (non-hydrogen) atoms. The Balaban J connectivity index is 1.99. The smallest absolute Gasteiger partial charge is 0.322 e. The fourth-order valence-corrected chi connectivity index (χ4v) is 5.57. The van der Waals surface area contributed by atoms with E-state index in [1.54, 1.807) is 0 Å². The first-order valence-corrected chi connectivity index (χ1v) is 10.2. The fourth-order valence-electron chi connectivity index (χ4n) is 3.13. The van der Waals surface area contributed by atoms with Gasteiger partial charge in [0.05, 0.1) is 0 Å². The molecule has 1 aliphatic heterocycles. The molecule has 2 N–H and O–H groups in total. The summed E-state index contributed by atoms with van der Waals surface area (Å²) in [7, 11) is -3.71. The number of nitrogens with zero attached hydrogens (tertiary/aromatic N) is 1. The van der Waals surface area contributed by atoms with Gasteiger partial charge in [-0.2, -0.15) is 29.2 Å². The van der Waals surface area contributed by atoms with E-state index in [4.69, 9.17) is 0 Å². The van der Waals surface area contributed by atoms with E-state index in [0.29, 0.717) is 18.2 Å². The monoisotopic (exact) mass is 336 g/mol. The molecule has 1 unspecified atom stereocenters. The van der Waals surface area contributed by atoms with Crippen molar-refractivity contribution in [1.82, 2.24) is 9.03 Å². The Morgan fingerprint density at radius 1 is 1.19 bits per heavy atom. The second kappa shape index (κ2) is 7.30. The Bertz CT molecular complexity index is 461. The molecule has 6 nitrogen and oxygen atoms in total. The molecule has 8 heteroatoms. The van der Waals surface area contributed by atoms with Crippen LogP contribution in [0, 0.1) is 0 Å². The Hall–Kier alpha value is -0.310. The van der Waals surface area contributed by atoms with Gasteiger partial charge in [-0.05, 0) is 51.2 Å². The predicted molar refractivity (Wildman–Crippen MR) is 83.6 cm³/mol. The van der Waals surface area contributed by atoms with Gasteiger partial charge in [-0.25, -0.2) is 0 Å². The van der Waals surface area contributed by atoms with Gasteiger partial charge in [0.15, 0.2) is 0 Å². The maximum absolute atomic E-state index is 12.5. The quantitative estimate of drug-likeness (QED) is 0.793. The minimum atomic E-state index is -3.71. The van der Waals surface area contributed by atoms with Gasteiger partial charge in [0.1, 0.15) is 6.04 Å². The molecular formula is C13H24N2O4S2. The van der Waals surface area contributed by atoms with Gasteiger partial charge >= 0.3 is 5.97 Å². The highest BCUT2D eigenvalue weighted by atomic mass is 32.2. The molecule has 1 saturated carbocycles. The van der Waals surface area contributed by atoms with Gasteiger partial charge in [-0.3, -0.25) is 4.79 Å². The second-order valence-electron chi connectivity index (χ2n) is 5.79. The lowest BCUT2D eigenvalue weighted by atomic mass is 9.96. The van der Waals surface area contributed by atoms with Crippen LogP contribution < -0.4 is 4.72 Å². The van der Waals surface area contributed by atoms with Crippen molar-refractivity contribution in [3.63, 3.8) is 0 Å². The average Bonchev–Trinajstić information content (AvgIpc) is 2.47. The maximum atomic E-state index is 12.5. The number of carboxylic acids is 1. The van der Waals surface area contributed by atoms with Gasteiger partial charge in [0, 0.05) is 17.8 Å². The molecule has 1 saturated heterocycles. The number of hydrogen-bond donors (Lipinski definition) is 2. The average molecular weight is 336 g/mol. The van der Waals surface area contributed by atoms with Crippen LogP contribution in [0.1, 0.15) is 44.9 Å². The van der Waals surface area contributed by atoms with Crippen LogP contribution in [0.5, 0.6) is 0 Å². The van der Waals surface area contributed by atoms with Crippen molar-refractivity contribution in [1.29, 1.82) is 0 Å². The summed E-state index contributed by atoms with van der Waals surface area (Å²) in [4.78, 5) is 11.2. The summed E-state index contributed by atoms with van der Waals surface area (Å²) in [5.74, 6) is -1.05. The van der Waals surface area contributed by atoms with Crippen LogP contribution in [0.3, 0.4) is 0 Å². The molecule has 0 amide bonds. The fraction of sp³-hybridized carbons (Fsp3) is 0.923. The van der Waals surface area contributed by atoms with Crippen LogP contribution >= 0.6 is 11.8 Å². The first kappa shape index (κ1) is 17.1. The lowest BCUT2D eigenvalue weighted by Gasteiger charge is -2.34. The topological polar surface area (TPSA) is 86.7 Å². The predicted octanol–water partition coefficient (Wildman–Crippen LogP) is 1.43. The van der Waals surface area contributed by atoms with Crippen molar-refractivity contribution >= 4 is 27.9 Å². The number of nitrogens with one attached hydrogen (secondary N) is 1. The van der Waals surface area contributed by atoms with E-state index in [9.17, 15) is 18.3 Å². The van der Waals surface area contributed by atoms with Gasteiger partial charge < -0.3 is 5.11 Å². The molecule has 0 aromatic rings. The number of carbonyl (C=O) groups is 1. The summed E-state index contributed by atoms with van der Waals surface area (Å²) in [5.41, 5.74) is 0. The van der Waals surface area contributed by atoms with Crippen molar-refractivity contribution in [3.05, 3.63) is 0 Å². The minimum absolute atomic E-state index is 0.0604. The van der Waals surface area contributed by atoms with Gasteiger partial charge in [0.25, 0.3) is 10.2 Å². The summed E-state index contributed by atoms with van der Waals surface area (Å²) in [6.45, 7) is 0.298. The lowest BCUT2D eigenvalue weighted by molar-refractivity contribution is -0.142. The van der Waals surface area contributed by atoms with Crippen LogP contribution in [-0.2, 0) is 15.0 Å². The minimum Gasteiger partial charge on any atom is -0.480 e. The SMILES string of the molecule is CSC1CCC(NS(=O)(=O)N2CCCCC2C(=O)O)CC1. The normalized spacial score (nSPS) is 32.0. The first-order chi connectivity index (χ1) is 9.94.